The number of nitrogens with one attached hydrogen (secondary N) is 2. The predicted octanol–water partition coefficient (Wildman–Crippen LogP) is 5.32. The molecule has 0 bridgehead atoms. The molecule has 0 fully saturated rings. The Labute approximate surface area is 193 Å². The summed E-state index contributed by atoms with van der Waals surface area (Å²) in [7, 11) is 3.20. The van der Waals surface area contributed by atoms with Gasteiger partial charge >= 0.3 is 0 Å². The molecule has 0 saturated carbocycles. The topological polar surface area (TPSA) is 76.7 Å². The van der Waals surface area contributed by atoms with Crippen molar-refractivity contribution in [1.82, 2.24) is 0 Å². The molecule has 0 aliphatic heterocycles. The molecule has 3 aromatic rings. The lowest BCUT2D eigenvalue weighted by Gasteiger charge is -2.11. The van der Waals surface area contributed by atoms with Crippen molar-refractivity contribution in [3.63, 3.8) is 0 Å². The van der Waals surface area contributed by atoms with Gasteiger partial charge in [-0.05, 0) is 72.2 Å². The zero-order valence-corrected chi connectivity index (χ0v) is 18.8. The average molecular weight is 443 g/mol. The molecule has 2 N–H and O–H groups in total. The van der Waals surface area contributed by atoms with Gasteiger partial charge in [0.05, 0.1) is 25.6 Å². The molecule has 0 aliphatic rings. The molecule has 0 saturated heterocycles. The summed E-state index contributed by atoms with van der Waals surface area (Å²) in [6.45, 7) is 1.91. The SMILES string of the molecule is COc1ccc(/C=C\C(=O)Nc2cc(C)ccc2NC(=O)/C=C/c2ccc(OC)cc2)cc1. The van der Waals surface area contributed by atoms with E-state index in [2.05, 4.69) is 10.6 Å². The number of aryl methyl sites for hydroxylation is 1. The van der Waals surface area contributed by atoms with Crippen LogP contribution in [0.25, 0.3) is 12.2 Å². The summed E-state index contributed by atoms with van der Waals surface area (Å²) in [5.41, 5.74) is 3.72. The maximum Gasteiger partial charge on any atom is 0.248 e. The van der Waals surface area contributed by atoms with Crippen molar-refractivity contribution in [2.75, 3.05) is 24.9 Å². The number of benzene rings is 3. The van der Waals surface area contributed by atoms with E-state index >= 15 is 0 Å². The van der Waals surface area contributed by atoms with Gasteiger partial charge < -0.3 is 20.1 Å². The summed E-state index contributed by atoms with van der Waals surface area (Å²) in [5, 5.41) is 5.65. The minimum atomic E-state index is -0.307. The Morgan fingerprint density at radius 2 is 1.12 bits per heavy atom. The van der Waals surface area contributed by atoms with E-state index in [4.69, 9.17) is 9.47 Å². The summed E-state index contributed by atoms with van der Waals surface area (Å²) in [6.07, 6.45) is 6.30. The van der Waals surface area contributed by atoms with E-state index in [1.807, 2.05) is 67.6 Å². The Kier molecular flexibility index (Phi) is 8.02. The first-order valence-electron chi connectivity index (χ1n) is 10.3. The van der Waals surface area contributed by atoms with Gasteiger partial charge in [0.2, 0.25) is 11.8 Å². The van der Waals surface area contributed by atoms with Crippen LogP contribution < -0.4 is 20.1 Å². The third-order valence-corrected chi connectivity index (χ3v) is 4.78. The minimum Gasteiger partial charge on any atom is -0.497 e. The third-order valence-electron chi connectivity index (χ3n) is 4.78. The van der Waals surface area contributed by atoms with E-state index in [9.17, 15) is 9.59 Å². The number of carbonyl (C=O) groups is 2. The van der Waals surface area contributed by atoms with E-state index in [1.54, 1.807) is 32.4 Å². The van der Waals surface area contributed by atoms with Crippen molar-refractivity contribution >= 4 is 35.3 Å². The summed E-state index contributed by atoms with van der Waals surface area (Å²) in [6, 6.07) is 20.2. The molecular weight excluding hydrogens is 416 g/mol. The number of rotatable bonds is 8. The number of anilines is 2. The molecule has 0 aliphatic carbocycles. The van der Waals surface area contributed by atoms with E-state index < -0.39 is 0 Å². The van der Waals surface area contributed by atoms with Gasteiger partial charge in [-0.15, -0.1) is 0 Å². The summed E-state index contributed by atoms with van der Waals surface area (Å²) >= 11 is 0. The van der Waals surface area contributed by atoms with E-state index in [0.29, 0.717) is 11.4 Å². The standard InChI is InChI=1S/C27H26N2O4/c1-19-4-15-24(28-26(30)16-9-20-5-11-22(32-2)12-6-20)25(18-19)29-27(31)17-10-21-7-13-23(33-3)14-8-21/h4-18H,1-3H3,(H,28,30)(H,29,31)/b16-9+,17-10-. The Bertz CT molecular complexity index is 1160. The fourth-order valence-corrected chi connectivity index (χ4v) is 2.99. The van der Waals surface area contributed by atoms with Crippen molar-refractivity contribution in [3.05, 3.63) is 95.6 Å². The van der Waals surface area contributed by atoms with Crippen LogP contribution in [0.15, 0.2) is 78.9 Å². The Balaban J connectivity index is 1.66. The maximum atomic E-state index is 12.5. The van der Waals surface area contributed by atoms with Gasteiger partial charge in [0.1, 0.15) is 11.5 Å². The van der Waals surface area contributed by atoms with Crippen LogP contribution in [0.4, 0.5) is 11.4 Å². The van der Waals surface area contributed by atoms with Gasteiger partial charge in [0.15, 0.2) is 0 Å². The number of ether oxygens (including phenoxy) is 2. The largest absolute Gasteiger partial charge is 0.497 e. The lowest BCUT2D eigenvalue weighted by atomic mass is 10.1. The predicted molar refractivity (Wildman–Crippen MR) is 132 cm³/mol. The highest BCUT2D eigenvalue weighted by Crippen LogP contribution is 2.23. The molecule has 0 spiro atoms. The smallest absolute Gasteiger partial charge is 0.248 e. The molecule has 0 atom stereocenters. The zero-order valence-electron chi connectivity index (χ0n) is 18.8. The maximum absolute atomic E-state index is 12.5. The quantitative estimate of drug-likeness (QED) is 0.463. The van der Waals surface area contributed by atoms with Crippen LogP contribution in [0, 0.1) is 6.92 Å². The zero-order chi connectivity index (χ0) is 23.6. The van der Waals surface area contributed by atoms with Crippen molar-refractivity contribution in [2.24, 2.45) is 0 Å². The highest BCUT2D eigenvalue weighted by molar-refractivity contribution is 6.08. The molecule has 0 radical (unpaired) electrons. The van der Waals surface area contributed by atoms with Crippen LogP contribution in [-0.4, -0.2) is 26.0 Å². The van der Waals surface area contributed by atoms with E-state index in [1.165, 1.54) is 12.2 Å². The number of methoxy groups -OCH3 is 2. The van der Waals surface area contributed by atoms with Crippen LogP contribution in [0.3, 0.4) is 0 Å². The normalized spacial score (nSPS) is 10.9. The van der Waals surface area contributed by atoms with Crippen molar-refractivity contribution in [3.8, 4) is 11.5 Å². The highest BCUT2D eigenvalue weighted by atomic mass is 16.5. The lowest BCUT2D eigenvalue weighted by molar-refractivity contribution is -0.112. The molecule has 0 aromatic heterocycles. The molecule has 6 heteroatoms. The van der Waals surface area contributed by atoms with E-state index in [-0.39, 0.29) is 11.8 Å². The molecule has 33 heavy (non-hydrogen) atoms. The molecule has 6 nitrogen and oxygen atoms in total. The first kappa shape index (κ1) is 23.3. The van der Waals surface area contributed by atoms with Crippen molar-refractivity contribution in [1.29, 1.82) is 0 Å². The van der Waals surface area contributed by atoms with Crippen LogP contribution in [-0.2, 0) is 9.59 Å². The first-order valence-corrected chi connectivity index (χ1v) is 10.3. The number of carbonyl (C=O) groups excluding carboxylic acids is 2. The molecule has 3 rings (SSSR count). The van der Waals surface area contributed by atoms with Crippen molar-refractivity contribution < 1.29 is 19.1 Å². The van der Waals surface area contributed by atoms with Crippen LogP contribution in [0.5, 0.6) is 11.5 Å². The Morgan fingerprint density at radius 1 is 0.667 bits per heavy atom. The van der Waals surface area contributed by atoms with Gasteiger partial charge in [-0.25, -0.2) is 0 Å². The van der Waals surface area contributed by atoms with Crippen LogP contribution in [0.1, 0.15) is 16.7 Å². The molecule has 3 aromatic carbocycles. The molecule has 0 heterocycles. The number of amides is 2. The van der Waals surface area contributed by atoms with Crippen LogP contribution >= 0.6 is 0 Å². The third kappa shape index (κ3) is 7.11. The average Bonchev–Trinajstić information content (AvgIpc) is 2.83. The second-order valence-electron chi connectivity index (χ2n) is 7.24. The lowest BCUT2D eigenvalue weighted by Crippen LogP contribution is -2.13. The van der Waals surface area contributed by atoms with Gasteiger partial charge in [0, 0.05) is 12.2 Å². The fraction of sp³-hybridized carbons (Fsp3) is 0.111. The first-order chi connectivity index (χ1) is 16.0. The molecular formula is C27H26N2O4. The number of hydrogen-bond donors (Lipinski definition) is 2. The van der Waals surface area contributed by atoms with Crippen LogP contribution in [0.2, 0.25) is 0 Å². The Hall–Kier alpha value is -4.32. The summed E-state index contributed by atoms with van der Waals surface area (Å²) in [5.74, 6) is 0.884. The highest BCUT2D eigenvalue weighted by Gasteiger charge is 2.08. The van der Waals surface area contributed by atoms with Gasteiger partial charge in [-0.3, -0.25) is 9.59 Å². The van der Waals surface area contributed by atoms with Crippen molar-refractivity contribution in [2.45, 2.75) is 6.92 Å². The summed E-state index contributed by atoms with van der Waals surface area (Å²) < 4.78 is 10.3. The Morgan fingerprint density at radius 3 is 1.58 bits per heavy atom. The van der Waals surface area contributed by atoms with Gasteiger partial charge in [0.25, 0.3) is 0 Å². The van der Waals surface area contributed by atoms with E-state index in [0.717, 1.165) is 28.2 Å². The van der Waals surface area contributed by atoms with Gasteiger partial charge in [-0.1, -0.05) is 30.3 Å². The van der Waals surface area contributed by atoms with Gasteiger partial charge in [-0.2, -0.15) is 0 Å². The second kappa shape index (κ2) is 11.3. The molecule has 168 valence electrons. The fourth-order valence-electron chi connectivity index (χ4n) is 2.99. The molecule has 2 amide bonds. The summed E-state index contributed by atoms with van der Waals surface area (Å²) in [4.78, 5) is 24.9. The number of hydrogen-bond acceptors (Lipinski definition) is 4. The molecule has 0 unspecified atom stereocenters. The monoisotopic (exact) mass is 442 g/mol. The minimum absolute atomic E-state index is 0.305. The second-order valence-corrected chi connectivity index (χ2v) is 7.24.